The van der Waals surface area contributed by atoms with Crippen LogP contribution in [0.25, 0.3) is 0 Å². The van der Waals surface area contributed by atoms with E-state index in [1.165, 1.54) is 6.07 Å². The first-order valence-corrected chi connectivity index (χ1v) is 9.41. The van der Waals surface area contributed by atoms with Crippen LogP contribution in [0, 0.1) is 13.8 Å². The summed E-state index contributed by atoms with van der Waals surface area (Å²) in [6.07, 6.45) is 3.97. The number of nitrogens with one attached hydrogen (secondary N) is 2. The van der Waals surface area contributed by atoms with Crippen molar-refractivity contribution in [2.75, 3.05) is 5.32 Å². The number of aromatic hydroxyl groups is 1. The number of hydrogen-bond acceptors (Lipinski definition) is 3. The molecule has 0 unspecified atom stereocenters. The van der Waals surface area contributed by atoms with E-state index in [-0.39, 0.29) is 17.2 Å². The predicted molar refractivity (Wildman–Crippen MR) is 106 cm³/mol. The molecule has 5 nitrogen and oxygen atoms in total. The van der Waals surface area contributed by atoms with E-state index in [0.29, 0.717) is 12.8 Å². The van der Waals surface area contributed by atoms with Gasteiger partial charge in [0.25, 0.3) is 5.91 Å². The number of benzene rings is 2. The number of hydrogen-bond donors (Lipinski definition) is 3. The lowest BCUT2D eigenvalue weighted by Gasteiger charge is -2.37. The monoisotopic (exact) mass is 366 g/mol. The molecule has 1 saturated carbocycles. The third-order valence-corrected chi connectivity index (χ3v) is 5.36. The van der Waals surface area contributed by atoms with Gasteiger partial charge in [0.1, 0.15) is 11.3 Å². The molecule has 1 fully saturated rings. The van der Waals surface area contributed by atoms with Crippen LogP contribution >= 0.6 is 0 Å². The second kappa shape index (κ2) is 7.82. The highest BCUT2D eigenvalue weighted by Crippen LogP contribution is 2.31. The number of phenolic OH excluding ortho intramolecular Hbond substituents is 1. The molecule has 1 aliphatic rings. The van der Waals surface area contributed by atoms with Crippen molar-refractivity contribution < 1.29 is 14.7 Å². The van der Waals surface area contributed by atoms with Gasteiger partial charge in [-0.05, 0) is 49.9 Å². The molecule has 3 N–H and O–H groups in total. The highest BCUT2D eigenvalue weighted by atomic mass is 16.3. The molecule has 0 heterocycles. The van der Waals surface area contributed by atoms with Crippen molar-refractivity contribution in [3.63, 3.8) is 0 Å². The van der Waals surface area contributed by atoms with Crippen molar-refractivity contribution >= 4 is 17.5 Å². The normalized spacial score (nSPS) is 15.8. The van der Waals surface area contributed by atoms with E-state index in [1.807, 2.05) is 32.0 Å². The van der Waals surface area contributed by atoms with Crippen LogP contribution < -0.4 is 10.6 Å². The average molecular weight is 366 g/mol. The van der Waals surface area contributed by atoms with Gasteiger partial charge in [0, 0.05) is 5.69 Å². The van der Waals surface area contributed by atoms with E-state index in [9.17, 15) is 14.7 Å². The molecule has 0 aliphatic heterocycles. The third kappa shape index (κ3) is 3.97. The number of aryl methyl sites for hydroxylation is 2. The minimum Gasteiger partial charge on any atom is -0.507 e. The second-order valence-corrected chi connectivity index (χ2v) is 7.33. The van der Waals surface area contributed by atoms with E-state index >= 15 is 0 Å². The van der Waals surface area contributed by atoms with Crippen LogP contribution in [0.4, 0.5) is 5.69 Å². The first-order valence-electron chi connectivity index (χ1n) is 9.41. The van der Waals surface area contributed by atoms with Crippen LogP contribution in [0.5, 0.6) is 5.75 Å². The molecule has 1 aliphatic carbocycles. The smallest absolute Gasteiger partial charge is 0.255 e. The van der Waals surface area contributed by atoms with E-state index in [1.54, 1.807) is 18.2 Å². The number of para-hydroxylation sites is 2. The maximum Gasteiger partial charge on any atom is 0.255 e. The first-order chi connectivity index (χ1) is 12.9. The molecular formula is C22H26N2O3. The first kappa shape index (κ1) is 19.0. The maximum atomic E-state index is 13.3. The molecule has 2 aromatic carbocycles. The molecule has 0 aromatic heterocycles. The number of carbonyl (C=O) groups excluding carboxylic acids is 2. The van der Waals surface area contributed by atoms with Gasteiger partial charge in [0.05, 0.1) is 5.56 Å². The lowest BCUT2D eigenvalue weighted by Crippen LogP contribution is -2.57. The van der Waals surface area contributed by atoms with Gasteiger partial charge < -0.3 is 15.7 Å². The van der Waals surface area contributed by atoms with Gasteiger partial charge in [-0.1, -0.05) is 49.6 Å². The van der Waals surface area contributed by atoms with Crippen molar-refractivity contribution in [2.24, 2.45) is 0 Å². The minimum atomic E-state index is -0.966. The van der Waals surface area contributed by atoms with Gasteiger partial charge in [0.15, 0.2) is 0 Å². The Kier molecular flexibility index (Phi) is 5.49. The predicted octanol–water partition coefficient (Wildman–Crippen LogP) is 4.08. The van der Waals surface area contributed by atoms with Crippen LogP contribution in [-0.4, -0.2) is 22.5 Å². The van der Waals surface area contributed by atoms with Crippen LogP contribution in [0.2, 0.25) is 0 Å². The van der Waals surface area contributed by atoms with Crippen LogP contribution in [0.15, 0.2) is 42.5 Å². The van der Waals surface area contributed by atoms with Crippen LogP contribution in [-0.2, 0) is 4.79 Å². The number of carbonyl (C=O) groups is 2. The second-order valence-electron chi connectivity index (χ2n) is 7.33. The van der Waals surface area contributed by atoms with Crippen molar-refractivity contribution in [3.05, 3.63) is 59.2 Å². The number of anilines is 1. The summed E-state index contributed by atoms with van der Waals surface area (Å²) in [6.45, 7) is 3.91. The van der Waals surface area contributed by atoms with Gasteiger partial charge in [0.2, 0.25) is 5.91 Å². The Hall–Kier alpha value is -2.82. The molecule has 0 bridgehead atoms. The topological polar surface area (TPSA) is 78.4 Å². The Balaban J connectivity index is 1.87. The molecule has 27 heavy (non-hydrogen) atoms. The van der Waals surface area contributed by atoms with Gasteiger partial charge >= 0.3 is 0 Å². The summed E-state index contributed by atoms with van der Waals surface area (Å²) < 4.78 is 0. The van der Waals surface area contributed by atoms with Crippen LogP contribution in [0.1, 0.15) is 53.6 Å². The minimum absolute atomic E-state index is 0.0869. The van der Waals surface area contributed by atoms with Crippen molar-refractivity contribution in [1.29, 1.82) is 0 Å². The largest absolute Gasteiger partial charge is 0.507 e. The SMILES string of the molecule is Cc1cccc(C)c1NC(=O)C1(NC(=O)c2ccccc2O)CCCCC1. The third-order valence-electron chi connectivity index (χ3n) is 5.36. The number of amides is 2. The van der Waals surface area contributed by atoms with Gasteiger partial charge in [-0.15, -0.1) is 0 Å². The van der Waals surface area contributed by atoms with Gasteiger partial charge in [-0.25, -0.2) is 0 Å². The number of phenols is 1. The Morgan fingerprint density at radius 2 is 1.56 bits per heavy atom. The summed E-state index contributed by atoms with van der Waals surface area (Å²) >= 11 is 0. The molecule has 0 spiro atoms. The maximum absolute atomic E-state index is 13.3. The van der Waals surface area contributed by atoms with E-state index in [4.69, 9.17) is 0 Å². The highest BCUT2D eigenvalue weighted by Gasteiger charge is 2.41. The summed E-state index contributed by atoms with van der Waals surface area (Å²) in [5.74, 6) is -0.703. The summed E-state index contributed by atoms with van der Waals surface area (Å²) in [5.41, 5.74) is 1.99. The quantitative estimate of drug-likeness (QED) is 0.763. The molecule has 0 atom stereocenters. The Bertz CT molecular complexity index is 834. The van der Waals surface area contributed by atoms with Gasteiger partial charge in [-0.3, -0.25) is 9.59 Å². The Labute approximate surface area is 159 Å². The summed E-state index contributed by atoms with van der Waals surface area (Å²) in [4.78, 5) is 26.0. The lowest BCUT2D eigenvalue weighted by atomic mass is 9.80. The lowest BCUT2D eigenvalue weighted by molar-refractivity contribution is -0.123. The Morgan fingerprint density at radius 1 is 0.926 bits per heavy atom. The van der Waals surface area contributed by atoms with Crippen molar-refractivity contribution in [1.82, 2.24) is 5.32 Å². The van der Waals surface area contributed by atoms with E-state index in [0.717, 1.165) is 36.1 Å². The molecule has 0 radical (unpaired) electrons. The van der Waals surface area contributed by atoms with Gasteiger partial charge in [-0.2, -0.15) is 0 Å². The molecule has 2 amide bonds. The zero-order chi connectivity index (χ0) is 19.4. The number of rotatable bonds is 4. The molecule has 5 heteroatoms. The summed E-state index contributed by atoms with van der Waals surface area (Å²) in [6, 6.07) is 12.3. The van der Waals surface area contributed by atoms with E-state index in [2.05, 4.69) is 10.6 Å². The molecule has 3 rings (SSSR count). The molecule has 0 saturated heterocycles. The summed E-state index contributed by atoms with van der Waals surface area (Å²) in [7, 11) is 0. The molecule has 142 valence electrons. The van der Waals surface area contributed by atoms with Crippen molar-refractivity contribution in [2.45, 2.75) is 51.5 Å². The standard InChI is InChI=1S/C22H26N2O3/c1-15-9-8-10-16(2)19(15)23-21(27)22(13-6-3-7-14-22)24-20(26)17-11-4-5-12-18(17)25/h4-5,8-12,25H,3,6-7,13-14H2,1-2H3,(H,23,27)(H,24,26). The highest BCUT2D eigenvalue weighted by molar-refractivity contribution is 6.05. The Morgan fingerprint density at radius 3 is 2.19 bits per heavy atom. The fourth-order valence-corrected chi connectivity index (χ4v) is 3.76. The zero-order valence-electron chi connectivity index (χ0n) is 15.8. The zero-order valence-corrected chi connectivity index (χ0v) is 15.8. The fourth-order valence-electron chi connectivity index (χ4n) is 3.76. The summed E-state index contributed by atoms with van der Waals surface area (Å²) in [5, 5.41) is 16.0. The average Bonchev–Trinajstić information content (AvgIpc) is 2.65. The fraction of sp³-hybridized carbons (Fsp3) is 0.364. The van der Waals surface area contributed by atoms with Crippen molar-refractivity contribution in [3.8, 4) is 5.75 Å². The van der Waals surface area contributed by atoms with Crippen LogP contribution in [0.3, 0.4) is 0 Å². The van der Waals surface area contributed by atoms with E-state index < -0.39 is 11.4 Å². The molecular weight excluding hydrogens is 340 g/mol. The molecule has 2 aromatic rings.